The Labute approximate surface area is 135 Å². The molecule has 23 heavy (non-hydrogen) atoms. The first-order chi connectivity index (χ1) is 11.2. The lowest BCUT2D eigenvalue weighted by Gasteiger charge is -2.12. The highest BCUT2D eigenvalue weighted by atomic mass is 16.2. The molecule has 5 nitrogen and oxygen atoms in total. The Hall–Kier alpha value is -2.43. The van der Waals surface area contributed by atoms with Crippen LogP contribution in [0.2, 0.25) is 0 Å². The minimum atomic E-state index is -0.242. The normalized spacial score (nSPS) is 25.0. The van der Waals surface area contributed by atoms with Crippen LogP contribution in [0, 0.1) is 17.8 Å². The first kappa shape index (κ1) is 15.5. The summed E-state index contributed by atoms with van der Waals surface area (Å²) in [6.07, 6.45) is 9.18. The van der Waals surface area contributed by atoms with Gasteiger partial charge in [0.15, 0.2) is 0 Å². The van der Waals surface area contributed by atoms with Crippen molar-refractivity contribution >= 4 is 23.7 Å². The Morgan fingerprint density at radius 3 is 2.61 bits per heavy atom. The third-order valence-corrected chi connectivity index (χ3v) is 4.51. The van der Waals surface area contributed by atoms with Crippen molar-refractivity contribution in [2.24, 2.45) is 22.9 Å². The maximum absolute atomic E-state index is 12.0. The minimum Gasteiger partial charge on any atom is -0.326 e. The van der Waals surface area contributed by atoms with Gasteiger partial charge in [-0.2, -0.15) is 5.10 Å². The molecule has 0 heterocycles. The number of amides is 2. The zero-order chi connectivity index (χ0) is 16.2. The highest BCUT2D eigenvalue weighted by Gasteiger charge is 2.34. The van der Waals surface area contributed by atoms with Crippen LogP contribution in [0.3, 0.4) is 0 Å². The Balaban J connectivity index is 1.52. The van der Waals surface area contributed by atoms with Crippen LogP contribution in [0.1, 0.15) is 36.5 Å². The average molecular weight is 311 g/mol. The van der Waals surface area contributed by atoms with Crippen molar-refractivity contribution in [1.82, 2.24) is 5.43 Å². The monoisotopic (exact) mass is 311 g/mol. The van der Waals surface area contributed by atoms with Crippen molar-refractivity contribution in [1.29, 1.82) is 0 Å². The zero-order valence-corrected chi connectivity index (χ0v) is 13.2. The predicted octanol–water partition coefficient (Wildman–Crippen LogP) is 2.96. The highest BCUT2D eigenvalue weighted by Crippen LogP contribution is 2.42. The first-order valence-electron chi connectivity index (χ1n) is 8.07. The van der Waals surface area contributed by atoms with Gasteiger partial charge < -0.3 is 5.32 Å². The number of nitrogens with one attached hydrogen (secondary N) is 2. The Morgan fingerprint density at radius 1 is 1.22 bits per heavy atom. The molecule has 2 aliphatic rings. The standard InChI is InChI=1S/C18H21N3O2/c1-2-17(22)20-16-7-5-13(6-8-16)18(23)21-19-11-15-10-12-3-4-14(15)9-12/h3-8,11-12,14-15H,2,9-10H2,1H3,(H,20,22)(H,21,23)/b19-11-/t12-,14-,15+/m0/s1. The molecule has 2 amide bonds. The molecule has 3 rings (SSSR count). The average Bonchev–Trinajstić information content (AvgIpc) is 3.18. The van der Waals surface area contributed by atoms with Crippen LogP contribution in [0.4, 0.5) is 5.69 Å². The third kappa shape index (κ3) is 3.67. The topological polar surface area (TPSA) is 70.6 Å². The van der Waals surface area contributed by atoms with Crippen molar-refractivity contribution in [2.45, 2.75) is 26.2 Å². The van der Waals surface area contributed by atoms with Crippen molar-refractivity contribution < 1.29 is 9.59 Å². The van der Waals surface area contributed by atoms with Gasteiger partial charge in [-0.15, -0.1) is 0 Å². The van der Waals surface area contributed by atoms with Gasteiger partial charge in [-0.05, 0) is 48.9 Å². The summed E-state index contributed by atoms with van der Waals surface area (Å²) in [5.74, 6) is 1.43. The molecule has 0 unspecified atom stereocenters. The van der Waals surface area contributed by atoms with Crippen LogP contribution in [0.25, 0.3) is 0 Å². The number of anilines is 1. The molecule has 1 saturated carbocycles. The van der Waals surface area contributed by atoms with E-state index >= 15 is 0 Å². The summed E-state index contributed by atoms with van der Waals surface area (Å²) in [7, 11) is 0. The molecule has 0 saturated heterocycles. The number of nitrogens with zero attached hydrogens (tertiary/aromatic N) is 1. The van der Waals surface area contributed by atoms with Gasteiger partial charge in [-0.1, -0.05) is 19.1 Å². The van der Waals surface area contributed by atoms with Gasteiger partial charge >= 0.3 is 0 Å². The van der Waals surface area contributed by atoms with Crippen LogP contribution in [0.5, 0.6) is 0 Å². The van der Waals surface area contributed by atoms with Crippen molar-refractivity contribution in [2.75, 3.05) is 5.32 Å². The largest absolute Gasteiger partial charge is 0.326 e. The molecule has 0 aliphatic heterocycles. The third-order valence-electron chi connectivity index (χ3n) is 4.51. The predicted molar refractivity (Wildman–Crippen MR) is 90.2 cm³/mol. The maximum Gasteiger partial charge on any atom is 0.271 e. The summed E-state index contributed by atoms with van der Waals surface area (Å²) in [4.78, 5) is 23.3. The quantitative estimate of drug-likeness (QED) is 0.498. The minimum absolute atomic E-state index is 0.0493. The summed E-state index contributed by atoms with van der Waals surface area (Å²) in [5.41, 5.74) is 3.78. The van der Waals surface area contributed by atoms with Gasteiger partial charge in [0.1, 0.15) is 0 Å². The second-order valence-corrected chi connectivity index (χ2v) is 6.14. The number of benzene rings is 1. The van der Waals surface area contributed by atoms with Crippen molar-refractivity contribution in [3.05, 3.63) is 42.0 Å². The molecule has 0 radical (unpaired) electrons. The van der Waals surface area contributed by atoms with Crippen LogP contribution in [-0.2, 0) is 4.79 Å². The fourth-order valence-corrected chi connectivity index (χ4v) is 3.21. The fourth-order valence-electron chi connectivity index (χ4n) is 3.21. The van der Waals surface area contributed by atoms with Crippen LogP contribution in [-0.4, -0.2) is 18.0 Å². The SMILES string of the molecule is CCC(=O)Nc1ccc(C(=O)N/N=C\[C@H]2C[C@H]3C=C[C@H]2C3)cc1. The number of carbonyl (C=O) groups excluding carboxylic acids is 2. The van der Waals surface area contributed by atoms with E-state index in [4.69, 9.17) is 0 Å². The van der Waals surface area contributed by atoms with Crippen LogP contribution >= 0.6 is 0 Å². The molecular weight excluding hydrogens is 290 g/mol. The molecule has 2 N–H and O–H groups in total. The summed E-state index contributed by atoms with van der Waals surface area (Å²) in [6, 6.07) is 6.78. The van der Waals surface area contributed by atoms with E-state index in [1.807, 2.05) is 6.21 Å². The fraction of sp³-hybridized carbons (Fsp3) is 0.389. The van der Waals surface area contributed by atoms with Crippen LogP contribution in [0.15, 0.2) is 41.5 Å². The maximum atomic E-state index is 12.0. The molecule has 0 spiro atoms. The lowest BCUT2D eigenvalue weighted by molar-refractivity contribution is -0.115. The van der Waals surface area contributed by atoms with Gasteiger partial charge in [0.25, 0.3) is 5.91 Å². The molecule has 1 aromatic rings. The number of hydrazone groups is 1. The van der Waals surface area contributed by atoms with E-state index in [0.29, 0.717) is 35.4 Å². The number of fused-ring (bicyclic) bond motifs is 2. The van der Waals surface area contributed by atoms with E-state index < -0.39 is 0 Å². The molecular formula is C18H21N3O2. The van der Waals surface area contributed by atoms with E-state index in [2.05, 4.69) is 28.0 Å². The van der Waals surface area contributed by atoms with Crippen molar-refractivity contribution in [3.63, 3.8) is 0 Å². The van der Waals surface area contributed by atoms with Gasteiger partial charge in [-0.25, -0.2) is 5.43 Å². The molecule has 3 atom stereocenters. The Kier molecular flexibility index (Phi) is 4.55. The zero-order valence-electron chi connectivity index (χ0n) is 13.2. The molecule has 1 fully saturated rings. The number of allylic oxidation sites excluding steroid dienone is 2. The second kappa shape index (κ2) is 6.77. The van der Waals surface area contributed by atoms with Crippen LogP contribution < -0.4 is 10.7 Å². The van der Waals surface area contributed by atoms with Gasteiger partial charge in [-0.3, -0.25) is 9.59 Å². The smallest absolute Gasteiger partial charge is 0.271 e. The van der Waals surface area contributed by atoms with Gasteiger partial charge in [0.2, 0.25) is 5.91 Å². The second-order valence-electron chi connectivity index (χ2n) is 6.14. The Morgan fingerprint density at radius 2 is 2.00 bits per heavy atom. The lowest BCUT2D eigenvalue weighted by Crippen LogP contribution is -2.19. The first-order valence-corrected chi connectivity index (χ1v) is 8.07. The number of carbonyl (C=O) groups is 2. The van der Waals surface area contributed by atoms with E-state index in [1.165, 1.54) is 6.42 Å². The summed E-state index contributed by atoms with van der Waals surface area (Å²) in [6.45, 7) is 1.79. The van der Waals surface area contributed by atoms with E-state index in [-0.39, 0.29) is 11.8 Å². The molecule has 2 bridgehead atoms. The van der Waals surface area contributed by atoms with Gasteiger partial charge in [0, 0.05) is 29.8 Å². The van der Waals surface area contributed by atoms with E-state index in [0.717, 1.165) is 6.42 Å². The summed E-state index contributed by atoms with van der Waals surface area (Å²) >= 11 is 0. The molecule has 5 heteroatoms. The highest BCUT2D eigenvalue weighted by molar-refractivity contribution is 5.95. The number of rotatable bonds is 5. The molecule has 2 aliphatic carbocycles. The van der Waals surface area contributed by atoms with E-state index in [9.17, 15) is 9.59 Å². The molecule has 0 aromatic heterocycles. The number of hydrogen-bond acceptors (Lipinski definition) is 3. The molecule has 120 valence electrons. The summed E-state index contributed by atoms with van der Waals surface area (Å²) < 4.78 is 0. The summed E-state index contributed by atoms with van der Waals surface area (Å²) in [5, 5.41) is 6.85. The lowest BCUT2D eigenvalue weighted by atomic mass is 9.95. The van der Waals surface area contributed by atoms with E-state index in [1.54, 1.807) is 31.2 Å². The Bertz CT molecular complexity index is 649. The van der Waals surface area contributed by atoms with Gasteiger partial charge in [0.05, 0.1) is 0 Å². The van der Waals surface area contributed by atoms with Crippen molar-refractivity contribution in [3.8, 4) is 0 Å². The molecule has 1 aromatic carbocycles. The number of hydrogen-bond donors (Lipinski definition) is 2.